The van der Waals surface area contributed by atoms with Gasteiger partial charge in [0.15, 0.2) is 5.65 Å². The standard InChI is InChI=1S/C11H13F3N4/c1-2-15-6-5-10-17-16-9-4-3-8(7-18(9)10)11(12,13)14/h3-4,7,15H,2,5-6H2,1H3. The second kappa shape index (κ2) is 4.93. The highest BCUT2D eigenvalue weighted by molar-refractivity contribution is 5.40. The third kappa shape index (κ3) is 2.61. The lowest BCUT2D eigenvalue weighted by Crippen LogP contribution is -2.17. The van der Waals surface area contributed by atoms with Gasteiger partial charge in [0.1, 0.15) is 5.82 Å². The maximum Gasteiger partial charge on any atom is 0.417 e. The largest absolute Gasteiger partial charge is 0.417 e. The molecule has 2 rings (SSSR count). The molecule has 0 radical (unpaired) electrons. The van der Waals surface area contributed by atoms with Crippen LogP contribution in [-0.4, -0.2) is 27.7 Å². The van der Waals surface area contributed by atoms with Crippen molar-refractivity contribution < 1.29 is 13.2 Å². The molecule has 98 valence electrons. The average Bonchev–Trinajstić information content (AvgIpc) is 2.71. The van der Waals surface area contributed by atoms with Gasteiger partial charge in [0, 0.05) is 19.2 Å². The van der Waals surface area contributed by atoms with Gasteiger partial charge >= 0.3 is 6.18 Å². The van der Waals surface area contributed by atoms with Crippen LogP contribution in [0.3, 0.4) is 0 Å². The molecule has 0 unspecified atom stereocenters. The van der Waals surface area contributed by atoms with Gasteiger partial charge in [-0.15, -0.1) is 10.2 Å². The van der Waals surface area contributed by atoms with Crippen LogP contribution in [0.15, 0.2) is 18.3 Å². The summed E-state index contributed by atoms with van der Waals surface area (Å²) in [6, 6.07) is 2.34. The molecule has 2 aromatic heterocycles. The highest BCUT2D eigenvalue weighted by Crippen LogP contribution is 2.29. The van der Waals surface area contributed by atoms with Crippen molar-refractivity contribution in [3.8, 4) is 0 Å². The molecule has 0 spiro atoms. The summed E-state index contributed by atoms with van der Waals surface area (Å²) >= 11 is 0. The first-order valence-corrected chi connectivity index (χ1v) is 5.64. The molecule has 1 N–H and O–H groups in total. The number of rotatable bonds is 4. The van der Waals surface area contributed by atoms with E-state index < -0.39 is 11.7 Å². The summed E-state index contributed by atoms with van der Waals surface area (Å²) in [4.78, 5) is 0. The molecule has 0 saturated carbocycles. The summed E-state index contributed by atoms with van der Waals surface area (Å²) < 4.78 is 39.2. The van der Waals surface area contributed by atoms with E-state index >= 15 is 0 Å². The van der Waals surface area contributed by atoms with Crippen molar-refractivity contribution in [2.75, 3.05) is 13.1 Å². The topological polar surface area (TPSA) is 42.2 Å². The molecule has 0 bridgehead atoms. The van der Waals surface area contributed by atoms with Gasteiger partial charge in [-0.25, -0.2) is 0 Å². The number of nitrogens with zero attached hydrogens (tertiary/aromatic N) is 3. The van der Waals surface area contributed by atoms with Gasteiger partial charge in [0.2, 0.25) is 0 Å². The number of fused-ring (bicyclic) bond motifs is 1. The second-order valence-electron chi connectivity index (χ2n) is 3.86. The maximum atomic E-state index is 12.6. The van der Waals surface area contributed by atoms with E-state index in [1.807, 2.05) is 6.92 Å². The van der Waals surface area contributed by atoms with E-state index in [1.54, 1.807) is 0 Å². The van der Waals surface area contributed by atoms with Crippen molar-refractivity contribution in [2.45, 2.75) is 19.5 Å². The lowest BCUT2D eigenvalue weighted by molar-refractivity contribution is -0.137. The van der Waals surface area contributed by atoms with Gasteiger partial charge < -0.3 is 5.32 Å². The predicted molar refractivity (Wildman–Crippen MR) is 60.2 cm³/mol. The minimum absolute atomic E-state index is 0.425. The fourth-order valence-corrected chi connectivity index (χ4v) is 1.65. The van der Waals surface area contributed by atoms with Crippen molar-refractivity contribution >= 4 is 5.65 Å². The summed E-state index contributed by atoms with van der Waals surface area (Å²) in [6.07, 6.45) is -2.77. The highest BCUT2D eigenvalue weighted by atomic mass is 19.4. The summed E-state index contributed by atoms with van der Waals surface area (Å²) in [5.74, 6) is 0.525. The number of likely N-dealkylation sites (N-methyl/N-ethyl adjacent to an activating group) is 1. The van der Waals surface area contributed by atoms with Gasteiger partial charge in [-0.3, -0.25) is 4.40 Å². The Morgan fingerprint density at radius 3 is 2.72 bits per heavy atom. The molecule has 18 heavy (non-hydrogen) atoms. The zero-order valence-corrected chi connectivity index (χ0v) is 9.83. The summed E-state index contributed by atoms with van der Waals surface area (Å²) in [5, 5.41) is 10.8. The van der Waals surface area contributed by atoms with Gasteiger partial charge in [-0.05, 0) is 18.7 Å². The van der Waals surface area contributed by atoms with Gasteiger partial charge in [0.05, 0.1) is 5.56 Å². The normalized spacial score (nSPS) is 12.2. The SMILES string of the molecule is CCNCCc1nnc2ccc(C(F)(F)F)cn12. The van der Waals surface area contributed by atoms with Gasteiger partial charge in [-0.1, -0.05) is 6.92 Å². The van der Waals surface area contributed by atoms with E-state index in [4.69, 9.17) is 0 Å². The second-order valence-corrected chi connectivity index (χ2v) is 3.86. The molecule has 0 aliphatic rings. The Morgan fingerprint density at radius 1 is 1.28 bits per heavy atom. The van der Waals surface area contributed by atoms with E-state index in [0.29, 0.717) is 24.4 Å². The summed E-state index contributed by atoms with van der Waals surface area (Å²) in [6.45, 7) is 3.43. The van der Waals surface area contributed by atoms with Crippen molar-refractivity contribution in [3.05, 3.63) is 29.7 Å². The zero-order chi connectivity index (χ0) is 13.2. The Bertz CT molecular complexity index is 533. The molecule has 2 heterocycles. The number of hydrogen-bond acceptors (Lipinski definition) is 3. The van der Waals surface area contributed by atoms with Crippen LogP contribution in [0.2, 0.25) is 0 Å². The fraction of sp³-hybridized carbons (Fsp3) is 0.455. The van der Waals surface area contributed by atoms with Crippen molar-refractivity contribution in [1.82, 2.24) is 19.9 Å². The first-order valence-electron chi connectivity index (χ1n) is 5.64. The lowest BCUT2D eigenvalue weighted by Gasteiger charge is -2.07. The minimum atomic E-state index is -4.35. The third-order valence-electron chi connectivity index (χ3n) is 2.58. The first-order chi connectivity index (χ1) is 8.52. The number of halogens is 3. The quantitative estimate of drug-likeness (QED) is 0.852. The molecule has 0 atom stereocenters. The number of hydrogen-bond donors (Lipinski definition) is 1. The van der Waals surface area contributed by atoms with Crippen LogP contribution < -0.4 is 5.32 Å². The van der Waals surface area contributed by atoms with Crippen LogP contribution in [0, 0.1) is 0 Å². The van der Waals surface area contributed by atoms with Crippen LogP contribution in [0.4, 0.5) is 13.2 Å². The van der Waals surface area contributed by atoms with Crippen LogP contribution in [0.25, 0.3) is 5.65 Å². The monoisotopic (exact) mass is 258 g/mol. The Hall–Kier alpha value is -1.63. The molecule has 0 fully saturated rings. The number of aromatic nitrogens is 3. The molecular weight excluding hydrogens is 245 g/mol. The summed E-state index contributed by atoms with van der Waals surface area (Å²) in [7, 11) is 0. The van der Waals surface area contributed by atoms with E-state index in [0.717, 1.165) is 18.8 Å². The number of pyridine rings is 1. The molecule has 7 heteroatoms. The maximum absolute atomic E-state index is 12.6. The van der Waals surface area contributed by atoms with Crippen molar-refractivity contribution in [2.24, 2.45) is 0 Å². The van der Waals surface area contributed by atoms with Gasteiger partial charge in [0.25, 0.3) is 0 Å². The van der Waals surface area contributed by atoms with Crippen LogP contribution in [0.5, 0.6) is 0 Å². The zero-order valence-electron chi connectivity index (χ0n) is 9.83. The van der Waals surface area contributed by atoms with Crippen LogP contribution in [-0.2, 0) is 12.6 Å². The van der Waals surface area contributed by atoms with E-state index in [-0.39, 0.29) is 0 Å². The number of nitrogens with one attached hydrogen (secondary N) is 1. The highest BCUT2D eigenvalue weighted by Gasteiger charge is 2.31. The third-order valence-corrected chi connectivity index (χ3v) is 2.58. The molecule has 0 aliphatic carbocycles. The lowest BCUT2D eigenvalue weighted by atomic mass is 10.2. The Kier molecular flexibility index (Phi) is 3.51. The van der Waals surface area contributed by atoms with Crippen LogP contribution in [0.1, 0.15) is 18.3 Å². The molecule has 2 aromatic rings. The van der Waals surface area contributed by atoms with E-state index in [1.165, 1.54) is 10.5 Å². The number of alkyl halides is 3. The molecule has 0 aliphatic heterocycles. The predicted octanol–water partition coefficient (Wildman–Crippen LogP) is 1.90. The molecule has 0 amide bonds. The van der Waals surface area contributed by atoms with Gasteiger partial charge in [-0.2, -0.15) is 13.2 Å². The molecule has 0 saturated heterocycles. The summed E-state index contributed by atoms with van der Waals surface area (Å²) in [5.41, 5.74) is -0.269. The Labute approximate surface area is 102 Å². The minimum Gasteiger partial charge on any atom is -0.317 e. The molecular formula is C11H13F3N4. The van der Waals surface area contributed by atoms with Crippen molar-refractivity contribution in [1.29, 1.82) is 0 Å². The molecule has 4 nitrogen and oxygen atoms in total. The first kappa shape index (κ1) is 12.8. The van der Waals surface area contributed by atoms with Crippen molar-refractivity contribution in [3.63, 3.8) is 0 Å². The van der Waals surface area contributed by atoms with Crippen LogP contribution >= 0.6 is 0 Å². The fourth-order valence-electron chi connectivity index (χ4n) is 1.65. The van der Waals surface area contributed by atoms with E-state index in [2.05, 4.69) is 15.5 Å². The average molecular weight is 258 g/mol. The van der Waals surface area contributed by atoms with E-state index in [9.17, 15) is 13.2 Å². The molecule has 0 aromatic carbocycles. The Morgan fingerprint density at radius 2 is 2.06 bits per heavy atom. The Balaban J connectivity index is 2.31. The smallest absolute Gasteiger partial charge is 0.317 e.